The Balaban J connectivity index is 3.03. The van der Waals surface area contributed by atoms with E-state index in [-0.39, 0.29) is 0 Å². The molecule has 0 aliphatic carbocycles. The van der Waals surface area contributed by atoms with Crippen molar-refractivity contribution in [1.29, 1.82) is 0 Å². The van der Waals surface area contributed by atoms with Crippen LogP contribution in [-0.4, -0.2) is 6.61 Å². The van der Waals surface area contributed by atoms with Crippen LogP contribution in [0.1, 0.15) is 11.1 Å². The fraction of sp³-hybridized carbons (Fsp3) is 0.200. The highest BCUT2D eigenvalue weighted by Crippen LogP contribution is 2.24. The quantitative estimate of drug-likeness (QED) is 0.629. The second-order valence-electron chi connectivity index (χ2n) is 3.48. The van der Waals surface area contributed by atoms with E-state index in [1.807, 2.05) is 24.3 Å². The highest BCUT2D eigenvalue weighted by atomic mass is 16.5. The van der Waals surface area contributed by atoms with E-state index in [1.54, 1.807) is 6.08 Å². The predicted molar refractivity (Wildman–Crippen MR) is 69.9 cm³/mol. The molecule has 1 rings (SSSR count). The molecule has 84 valence electrons. The average Bonchev–Trinajstić information content (AvgIpc) is 2.30. The summed E-state index contributed by atoms with van der Waals surface area (Å²) in [5.74, 6) is 0.916. The number of benzene rings is 1. The van der Waals surface area contributed by atoms with Crippen molar-refractivity contribution in [2.24, 2.45) is 0 Å². The predicted octanol–water partition coefficient (Wildman–Crippen LogP) is 3.71. The summed E-state index contributed by atoms with van der Waals surface area (Å²) in [6.07, 6.45) is 7.21. The Morgan fingerprint density at radius 2 is 1.75 bits per heavy atom. The molecule has 0 saturated heterocycles. The van der Waals surface area contributed by atoms with Crippen LogP contribution >= 0.6 is 0 Å². The van der Waals surface area contributed by atoms with Crippen molar-refractivity contribution in [2.75, 3.05) is 6.61 Å². The topological polar surface area (TPSA) is 9.23 Å². The highest BCUT2D eigenvalue weighted by Gasteiger charge is 2.06. The first-order valence-corrected chi connectivity index (χ1v) is 5.39. The number of ether oxygens (including phenoxy) is 1. The van der Waals surface area contributed by atoms with Gasteiger partial charge >= 0.3 is 0 Å². The molecule has 1 heteroatoms. The van der Waals surface area contributed by atoms with Crippen molar-refractivity contribution in [3.8, 4) is 5.75 Å². The molecular formula is C15H18O. The van der Waals surface area contributed by atoms with Crippen LogP contribution in [0.5, 0.6) is 5.75 Å². The molecule has 0 aromatic heterocycles. The summed E-state index contributed by atoms with van der Waals surface area (Å²) in [5, 5.41) is 0. The van der Waals surface area contributed by atoms with Gasteiger partial charge in [-0.3, -0.25) is 0 Å². The minimum atomic E-state index is 0.529. The van der Waals surface area contributed by atoms with Crippen LogP contribution in [0.15, 0.2) is 56.2 Å². The zero-order valence-corrected chi connectivity index (χ0v) is 9.61. The van der Waals surface area contributed by atoms with E-state index in [1.165, 1.54) is 11.1 Å². The molecule has 0 unspecified atom stereocenters. The summed E-state index contributed by atoms with van der Waals surface area (Å²) >= 11 is 0. The van der Waals surface area contributed by atoms with Gasteiger partial charge in [0.2, 0.25) is 0 Å². The summed E-state index contributed by atoms with van der Waals surface area (Å²) in [7, 11) is 0. The van der Waals surface area contributed by atoms with Gasteiger partial charge in [0.15, 0.2) is 0 Å². The van der Waals surface area contributed by atoms with Crippen molar-refractivity contribution in [3.05, 3.63) is 67.3 Å². The monoisotopic (exact) mass is 214 g/mol. The van der Waals surface area contributed by atoms with Crippen molar-refractivity contribution >= 4 is 0 Å². The van der Waals surface area contributed by atoms with E-state index in [4.69, 9.17) is 4.74 Å². The first kappa shape index (κ1) is 12.3. The molecular weight excluding hydrogens is 196 g/mol. The van der Waals surface area contributed by atoms with E-state index < -0.39 is 0 Å². The van der Waals surface area contributed by atoms with Crippen molar-refractivity contribution < 1.29 is 4.74 Å². The SMILES string of the molecule is C=CCOc1cccc(CC=C)c1CC=C. The summed E-state index contributed by atoms with van der Waals surface area (Å²) in [6, 6.07) is 6.08. The van der Waals surface area contributed by atoms with Gasteiger partial charge in [-0.15, -0.1) is 13.2 Å². The Labute approximate surface area is 97.8 Å². The minimum absolute atomic E-state index is 0.529. The number of rotatable bonds is 7. The van der Waals surface area contributed by atoms with Gasteiger partial charge in [0, 0.05) is 5.56 Å². The lowest BCUT2D eigenvalue weighted by molar-refractivity contribution is 0.359. The summed E-state index contributed by atoms with van der Waals surface area (Å²) in [4.78, 5) is 0. The Morgan fingerprint density at radius 3 is 2.38 bits per heavy atom. The van der Waals surface area contributed by atoms with Crippen molar-refractivity contribution in [1.82, 2.24) is 0 Å². The molecule has 1 nitrogen and oxygen atoms in total. The van der Waals surface area contributed by atoms with Gasteiger partial charge in [-0.25, -0.2) is 0 Å². The lowest BCUT2D eigenvalue weighted by atomic mass is 10.0. The summed E-state index contributed by atoms with van der Waals surface area (Å²) in [5.41, 5.74) is 2.44. The molecule has 0 spiro atoms. The van der Waals surface area contributed by atoms with Gasteiger partial charge in [-0.2, -0.15) is 0 Å². The number of hydrogen-bond donors (Lipinski definition) is 0. The Kier molecular flexibility index (Phi) is 5.13. The van der Waals surface area contributed by atoms with E-state index in [2.05, 4.69) is 25.8 Å². The van der Waals surface area contributed by atoms with Crippen LogP contribution in [-0.2, 0) is 12.8 Å². The molecule has 0 heterocycles. The molecule has 16 heavy (non-hydrogen) atoms. The minimum Gasteiger partial charge on any atom is -0.489 e. The second kappa shape index (κ2) is 6.67. The molecule has 0 saturated carbocycles. The van der Waals surface area contributed by atoms with Gasteiger partial charge in [0.1, 0.15) is 12.4 Å². The molecule has 1 aromatic rings. The lowest BCUT2D eigenvalue weighted by Gasteiger charge is -2.12. The van der Waals surface area contributed by atoms with Gasteiger partial charge < -0.3 is 4.74 Å². The van der Waals surface area contributed by atoms with Crippen molar-refractivity contribution in [2.45, 2.75) is 12.8 Å². The number of hydrogen-bond acceptors (Lipinski definition) is 1. The van der Waals surface area contributed by atoms with E-state index >= 15 is 0 Å². The maximum absolute atomic E-state index is 5.63. The normalized spacial score (nSPS) is 9.50. The van der Waals surface area contributed by atoms with Crippen LogP contribution in [0.25, 0.3) is 0 Å². The van der Waals surface area contributed by atoms with Gasteiger partial charge in [0.25, 0.3) is 0 Å². The van der Waals surface area contributed by atoms with Gasteiger partial charge in [0.05, 0.1) is 0 Å². The smallest absolute Gasteiger partial charge is 0.123 e. The molecule has 0 fully saturated rings. The molecule has 0 atom stereocenters. The first-order valence-electron chi connectivity index (χ1n) is 5.39. The Bertz CT molecular complexity index is 377. The fourth-order valence-electron chi connectivity index (χ4n) is 1.62. The largest absolute Gasteiger partial charge is 0.489 e. The van der Waals surface area contributed by atoms with Crippen LogP contribution in [0.3, 0.4) is 0 Å². The second-order valence-corrected chi connectivity index (χ2v) is 3.48. The third kappa shape index (κ3) is 3.13. The highest BCUT2D eigenvalue weighted by molar-refractivity contribution is 5.42. The van der Waals surface area contributed by atoms with Crippen LogP contribution in [0, 0.1) is 0 Å². The fourth-order valence-corrected chi connectivity index (χ4v) is 1.62. The maximum Gasteiger partial charge on any atom is 0.123 e. The molecule has 0 N–H and O–H groups in total. The average molecular weight is 214 g/mol. The van der Waals surface area contributed by atoms with Gasteiger partial charge in [-0.05, 0) is 24.5 Å². The van der Waals surface area contributed by atoms with E-state index in [0.29, 0.717) is 6.61 Å². The van der Waals surface area contributed by atoms with Gasteiger partial charge in [-0.1, -0.05) is 36.9 Å². The molecule has 0 amide bonds. The third-order valence-corrected chi connectivity index (χ3v) is 2.30. The molecule has 0 aliphatic heterocycles. The Morgan fingerprint density at radius 1 is 1.00 bits per heavy atom. The van der Waals surface area contributed by atoms with E-state index in [9.17, 15) is 0 Å². The first-order chi connectivity index (χ1) is 7.83. The van der Waals surface area contributed by atoms with Crippen LogP contribution in [0.4, 0.5) is 0 Å². The molecule has 0 radical (unpaired) electrons. The van der Waals surface area contributed by atoms with Crippen molar-refractivity contribution in [3.63, 3.8) is 0 Å². The Hall–Kier alpha value is -1.76. The molecule has 0 bridgehead atoms. The lowest BCUT2D eigenvalue weighted by Crippen LogP contribution is -2.00. The maximum atomic E-state index is 5.63. The van der Waals surface area contributed by atoms with E-state index in [0.717, 1.165) is 18.6 Å². The van der Waals surface area contributed by atoms with Crippen LogP contribution in [0.2, 0.25) is 0 Å². The number of allylic oxidation sites excluding steroid dienone is 2. The zero-order valence-electron chi connectivity index (χ0n) is 9.61. The summed E-state index contributed by atoms with van der Waals surface area (Å²) < 4.78 is 5.63. The standard InChI is InChI=1S/C15H18O/c1-4-8-13-10-7-11-15(16-12-6-3)14(13)9-5-2/h4-7,10-11H,1-3,8-9,12H2. The summed E-state index contributed by atoms with van der Waals surface area (Å²) in [6.45, 7) is 11.7. The molecule has 1 aromatic carbocycles. The third-order valence-electron chi connectivity index (χ3n) is 2.30. The zero-order chi connectivity index (χ0) is 11.8. The molecule has 0 aliphatic rings. The van der Waals surface area contributed by atoms with Crippen LogP contribution < -0.4 is 4.74 Å².